The number of aromatic nitrogens is 2. The monoisotopic (exact) mass is 355 g/mol. The molecule has 7 nitrogen and oxygen atoms in total. The predicted molar refractivity (Wildman–Crippen MR) is 98.7 cm³/mol. The molecule has 3 aromatic rings. The van der Waals surface area contributed by atoms with Gasteiger partial charge in [-0.15, -0.1) is 0 Å². The third kappa shape index (κ3) is 2.84. The summed E-state index contributed by atoms with van der Waals surface area (Å²) in [6.07, 6.45) is 1.64. The Morgan fingerprint density at radius 3 is 2.63 bits per heavy atom. The van der Waals surface area contributed by atoms with E-state index in [1.165, 1.54) is 4.68 Å². The number of hydrogen-bond donors (Lipinski definition) is 1. The summed E-state index contributed by atoms with van der Waals surface area (Å²) in [5.41, 5.74) is 8.17. The molecule has 0 amide bonds. The van der Waals surface area contributed by atoms with E-state index in [1.807, 2.05) is 30.3 Å². The number of ether oxygens (including phenoxy) is 2. The zero-order valence-corrected chi connectivity index (χ0v) is 14.1. The summed E-state index contributed by atoms with van der Waals surface area (Å²) in [7, 11) is 0. The molecule has 7 heteroatoms. The van der Waals surface area contributed by atoms with E-state index in [-0.39, 0.29) is 29.4 Å². The molecule has 1 aliphatic rings. The maximum Gasteiger partial charge on any atom is 0.231 e. The Balaban J connectivity index is 1.81. The van der Waals surface area contributed by atoms with Crippen LogP contribution in [0.4, 0.5) is 5.82 Å². The smallest absolute Gasteiger partial charge is 0.231 e. The van der Waals surface area contributed by atoms with Gasteiger partial charge in [0.1, 0.15) is 29.2 Å². The van der Waals surface area contributed by atoms with Crippen molar-refractivity contribution in [1.82, 2.24) is 9.78 Å². The first kappa shape index (κ1) is 16.2. The van der Waals surface area contributed by atoms with Gasteiger partial charge in [0, 0.05) is 0 Å². The number of nitriles is 2. The Hall–Kier alpha value is -4.23. The van der Waals surface area contributed by atoms with Gasteiger partial charge in [0.2, 0.25) is 6.79 Å². The van der Waals surface area contributed by atoms with Crippen LogP contribution < -0.4 is 15.2 Å². The van der Waals surface area contributed by atoms with Gasteiger partial charge in [0.25, 0.3) is 0 Å². The van der Waals surface area contributed by atoms with Crippen LogP contribution in [0.5, 0.6) is 11.5 Å². The summed E-state index contributed by atoms with van der Waals surface area (Å²) < 4.78 is 12.1. The molecule has 0 fully saturated rings. The topological polar surface area (TPSA) is 110 Å². The largest absolute Gasteiger partial charge is 0.454 e. The van der Waals surface area contributed by atoms with Crippen molar-refractivity contribution in [3.8, 4) is 29.3 Å². The average Bonchev–Trinajstić information content (AvgIpc) is 3.30. The first-order chi connectivity index (χ1) is 13.2. The van der Waals surface area contributed by atoms with Crippen molar-refractivity contribution in [2.24, 2.45) is 0 Å². The second-order valence-electron chi connectivity index (χ2n) is 5.75. The Morgan fingerprint density at radius 1 is 1.11 bits per heavy atom. The molecule has 2 aromatic carbocycles. The first-order valence-electron chi connectivity index (χ1n) is 8.07. The van der Waals surface area contributed by atoms with Crippen molar-refractivity contribution in [2.45, 2.75) is 0 Å². The third-order valence-corrected chi connectivity index (χ3v) is 4.12. The molecule has 0 aliphatic carbocycles. The quantitative estimate of drug-likeness (QED) is 0.723. The van der Waals surface area contributed by atoms with Crippen molar-refractivity contribution in [2.75, 3.05) is 12.5 Å². The minimum Gasteiger partial charge on any atom is -0.454 e. The van der Waals surface area contributed by atoms with E-state index in [1.54, 1.807) is 24.3 Å². The second kappa shape index (κ2) is 6.58. The number of nitrogens with two attached hydrogens (primary N) is 1. The molecular formula is C20H13N5O2. The minimum atomic E-state index is 0.160. The van der Waals surface area contributed by atoms with Crippen molar-refractivity contribution >= 4 is 17.5 Å². The highest BCUT2D eigenvalue weighted by molar-refractivity contribution is 5.91. The van der Waals surface area contributed by atoms with E-state index < -0.39 is 0 Å². The molecule has 0 saturated heterocycles. The van der Waals surface area contributed by atoms with Crippen LogP contribution in [0.1, 0.15) is 16.8 Å². The van der Waals surface area contributed by atoms with Gasteiger partial charge in [-0.05, 0) is 35.9 Å². The van der Waals surface area contributed by atoms with Gasteiger partial charge < -0.3 is 15.2 Å². The summed E-state index contributed by atoms with van der Waals surface area (Å²) in [5, 5.41) is 23.6. The summed E-state index contributed by atoms with van der Waals surface area (Å²) in [6, 6.07) is 18.7. The molecule has 0 bridgehead atoms. The van der Waals surface area contributed by atoms with Crippen molar-refractivity contribution in [1.29, 1.82) is 10.5 Å². The van der Waals surface area contributed by atoms with E-state index in [0.717, 1.165) is 5.56 Å². The van der Waals surface area contributed by atoms with Gasteiger partial charge in [0.15, 0.2) is 11.5 Å². The Labute approximate surface area is 155 Å². The Bertz CT molecular complexity index is 1130. The lowest BCUT2D eigenvalue weighted by Crippen LogP contribution is -2.02. The lowest BCUT2D eigenvalue weighted by atomic mass is 10.1. The first-order valence-corrected chi connectivity index (χ1v) is 8.07. The van der Waals surface area contributed by atoms with Crippen LogP contribution in [0, 0.1) is 22.7 Å². The maximum absolute atomic E-state index is 9.65. The molecular weight excluding hydrogens is 342 g/mol. The van der Waals surface area contributed by atoms with E-state index in [2.05, 4.69) is 17.2 Å². The predicted octanol–water partition coefficient (Wildman–Crippen LogP) is 3.12. The number of hydrogen-bond acceptors (Lipinski definition) is 6. The van der Waals surface area contributed by atoms with Crippen LogP contribution in [0.2, 0.25) is 0 Å². The summed E-state index contributed by atoms with van der Waals surface area (Å²) >= 11 is 0. The maximum atomic E-state index is 9.65. The summed E-state index contributed by atoms with van der Waals surface area (Å²) in [6.45, 7) is 0.171. The molecule has 0 radical (unpaired) electrons. The van der Waals surface area contributed by atoms with Gasteiger partial charge in [0.05, 0.1) is 11.3 Å². The average molecular weight is 355 g/mol. The molecule has 2 N–H and O–H groups in total. The number of fused-ring (bicyclic) bond motifs is 1. The fraction of sp³-hybridized carbons (Fsp3) is 0.0500. The molecule has 0 unspecified atom stereocenters. The number of para-hydroxylation sites is 1. The fourth-order valence-electron chi connectivity index (χ4n) is 2.82. The molecule has 1 aliphatic heterocycles. The number of benzene rings is 2. The zero-order valence-electron chi connectivity index (χ0n) is 14.1. The number of nitrogens with zero attached hydrogens (tertiary/aromatic N) is 4. The standard InChI is InChI=1S/C20H13N5O2/c21-10-14(8-13-6-7-17-18(9-13)27-12-26-17)19-16(11-22)20(23)25(24-19)15-4-2-1-3-5-15/h1-9H,12,23H2. The van der Waals surface area contributed by atoms with Crippen LogP contribution in [0.25, 0.3) is 17.3 Å². The molecule has 4 rings (SSSR count). The SMILES string of the molecule is N#CC(=Cc1ccc2c(c1)OCO2)c1nn(-c2ccccc2)c(N)c1C#N. The highest BCUT2D eigenvalue weighted by atomic mass is 16.7. The minimum absolute atomic E-state index is 0.160. The van der Waals surface area contributed by atoms with E-state index in [0.29, 0.717) is 17.2 Å². The highest BCUT2D eigenvalue weighted by Gasteiger charge is 2.20. The summed E-state index contributed by atoms with van der Waals surface area (Å²) in [5.74, 6) is 1.45. The number of anilines is 1. The van der Waals surface area contributed by atoms with Gasteiger partial charge in [-0.1, -0.05) is 24.3 Å². The molecule has 1 aromatic heterocycles. The molecule has 130 valence electrons. The Morgan fingerprint density at radius 2 is 1.89 bits per heavy atom. The second-order valence-corrected chi connectivity index (χ2v) is 5.75. The lowest BCUT2D eigenvalue weighted by molar-refractivity contribution is 0.174. The van der Waals surface area contributed by atoms with Crippen LogP contribution >= 0.6 is 0 Å². The van der Waals surface area contributed by atoms with Crippen LogP contribution in [0.3, 0.4) is 0 Å². The van der Waals surface area contributed by atoms with Gasteiger partial charge in [-0.3, -0.25) is 0 Å². The van der Waals surface area contributed by atoms with Crippen LogP contribution in [0.15, 0.2) is 48.5 Å². The lowest BCUT2D eigenvalue weighted by Gasteiger charge is -2.02. The highest BCUT2D eigenvalue weighted by Crippen LogP contribution is 2.34. The van der Waals surface area contributed by atoms with E-state index >= 15 is 0 Å². The number of nitrogen functional groups attached to an aromatic ring is 1. The van der Waals surface area contributed by atoms with Crippen LogP contribution in [-0.4, -0.2) is 16.6 Å². The molecule has 2 heterocycles. The Kier molecular flexibility index (Phi) is 3.96. The van der Waals surface area contributed by atoms with E-state index in [4.69, 9.17) is 15.2 Å². The molecule has 27 heavy (non-hydrogen) atoms. The van der Waals surface area contributed by atoms with Crippen molar-refractivity contribution in [3.05, 3.63) is 65.4 Å². The van der Waals surface area contributed by atoms with Gasteiger partial charge in [-0.2, -0.15) is 15.6 Å². The van der Waals surface area contributed by atoms with Gasteiger partial charge in [-0.25, -0.2) is 4.68 Å². The molecule has 0 spiro atoms. The molecule has 0 saturated carbocycles. The van der Waals surface area contributed by atoms with Crippen LogP contribution in [-0.2, 0) is 0 Å². The van der Waals surface area contributed by atoms with Gasteiger partial charge >= 0.3 is 0 Å². The van der Waals surface area contributed by atoms with E-state index in [9.17, 15) is 10.5 Å². The third-order valence-electron chi connectivity index (χ3n) is 4.12. The van der Waals surface area contributed by atoms with Crippen molar-refractivity contribution in [3.63, 3.8) is 0 Å². The number of allylic oxidation sites excluding steroid dienone is 1. The number of rotatable bonds is 3. The summed E-state index contributed by atoms with van der Waals surface area (Å²) in [4.78, 5) is 0. The molecule has 0 atom stereocenters. The van der Waals surface area contributed by atoms with Crippen molar-refractivity contribution < 1.29 is 9.47 Å². The fourth-order valence-corrected chi connectivity index (χ4v) is 2.82. The normalized spacial score (nSPS) is 12.4. The zero-order chi connectivity index (χ0) is 18.8.